The number of anilines is 1. The summed E-state index contributed by atoms with van der Waals surface area (Å²) in [6.07, 6.45) is 0. The molecule has 4 nitrogen and oxygen atoms in total. The van der Waals surface area contributed by atoms with Crippen LogP contribution in [-0.2, 0) is 4.79 Å². The van der Waals surface area contributed by atoms with Crippen LogP contribution in [0.3, 0.4) is 0 Å². The average molecular weight is 273 g/mol. The van der Waals surface area contributed by atoms with Gasteiger partial charge in [-0.15, -0.1) is 23.1 Å². The van der Waals surface area contributed by atoms with Gasteiger partial charge in [0.25, 0.3) is 0 Å². The molecule has 0 saturated heterocycles. The molecule has 1 amide bonds. The maximum absolute atomic E-state index is 11.6. The van der Waals surface area contributed by atoms with Crippen LogP contribution in [0.5, 0.6) is 0 Å². The molecule has 0 bridgehead atoms. The van der Waals surface area contributed by atoms with Crippen LogP contribution in [0.1, 0.15) is 30.4 Å². The lowest BCUT2D eigenvalue weighted by molar-refractivity contribution is -0.113. The Kier molecular flexibility index (Phi) is 4.59. The first kappa shape index (κ1) is 14.1. The first-order valence-electron chi connectivity index (χ1n) is 5.05. The van der Waals surface area contributed by atoms with Crippen LogP contribution in [0.15, 0.2) is 12.1 Å². The van der Waals surface area contributed by atoms with Gasteiger partial charge in [-0.1, -0.05) is 20.8 Å². The fourth-order valence-electron chi connectivity index (χ4n) is 0.976. The number of thiophene rings is 1. The SMILES string of the molecule is CC(C)(C)SCC(=O)Nc1ccc(C(=O)O)s1. The molecule has 1 aromatic heterocycles. The molecule has 94 valence electrons. The van der Waals surface area contributed by atoms with Crippen LogP contribution >= 0.6 is 23.1 Å². The molecule has 1 heterocycles. The number of aromatic carboxylic acids is 1. The summed E-state index contributed by atoms with van der Waals surface area (Å²) in [4.78, 5) is 22.4. The van der Waals surface area contributed by atoms with Crippen LogP contribution in [0.4, 0.5) is 5.00 Å². The van der Waals surface area contributed by atoms with E-state index in [1.807, 2.05) is 20.8 Å². The Balaban J connectivity index is 2.48. The van der Waals surface area contributed by atoms with E-state index in [1.54, 1.807) is 17.8 Å². The smallest absolute Gasteiger partial charge is 0.345 e. The third-order valence-electron chi connectivity index (χ3n) is 1.72. The summed E-state index contributed by atoms with van der Waals surface area (Å²) in [5.74, 6) is -0.715. The van der Waals surface area contributed by atoms with Gasteiger partial charge in [0.1, 0.15) is 4.88 Å². The molecule has 0 aliphatic rings. The molecule has 17 heavy (non-hydrogen) atoms. The summed E-state index contributed by atoms with van der Waals surface area (Å²) in [5, 5.41) is 12.0. The van der Waals surface area contributed by atoms with E-state index in [1.165, 1.54) is 6.07 Å². The molecule has 2 N–H and O–H groups in total. The lowest BCUT2D eigenvalue weighted by atomic mass is 10.3. The Morgan fingerprint density at radius 1 is 1.41 bits per heavy atom. The quantitative estimate of drug-likeness (QED) is 0.885. The second-order valence-corrected chi connectivity index (χ2v) is 7.30. The fourth-order valence-corrected chi connectivity index (χ4v) is 2.37. The van der Waals surface area contributed by atoms with Crippen molar-refractivity contribution in [2.24, 2.45) is 0 Å². The average Bonchev–Trinajstić information content (AvgIpc) is 2.62. The lowest BCUT2D eigenvalue weighted by Crippen LogP contribution is -2.18. The number of carboxylic acids is 1. The van der Waals surface area contributed by atoms with Crippen molar-refractivity contribution in [1.82, 2.24) is 0 Å². The number of rotatable bonds is 4. The van der Waals surface area contributed by atoms with Crippen LogP contribution in [-0.4, -0.2) is 27.5 Å². The predicted molar refractivity (Wildman–Crippen MR) is 72.1 cm³/mol. The molecule has 0 aliphatic carbocycles. The van der Waals surface area contributed by atoms with E-state index >= 15 is 0 Å². The third-order valence-corrected chi connectivity index (χ3v) is 3.98. The Morgan fingerprint density at radius 2 is 2.06 bits per heavy atom. The second-order valence-electron chi connectivity index (χ2n) is 4.42. The minimum absolute atomic E-state index is 0.0407. The van der Waals surface area contributed by atoms with Crippen LogP contribution < -0.4 is 5.32 Å². The van der Waals surface area contributed by atoms with Crippen molar-refractivity contribution in [3.05, 3.63) is 17.0 Å². The van der Waals surface area contributed by atoms with Crippen molar-refractivity contribution >= 4 is 40.0 Å². The number of carbonyl (C=O) groups excluding carboxylic acids is 1. The zero-order valence-electron chi connectivity index (χ0n) is 9.94. The topological polar surface area (TPSA) is 66.4 Å². The monoisotopic (exact) mass is 273 g/mol. The Labute approximate surface area is 108 Å². The molecule has 0 atom stereocenters. The molecule has 0 saturated carbocycles. The van der Waals surface area contributed by atoms with E-state index in [0.29, 0.717) is 10.8 Å². The van der Waals surface area contributed by atoms with E-state index in [-0.39, 0.29) is 15.5 Å². The van der Waals surface area contributed by atoms with Crippen LogP contribution in [0.25, 0.3) is 0 Å². The van der Waals surface area contributed by atoms with E-state index in [9.17, 15) is 9.59 Å². The zero-order valence-corrected chi connectivity index (χ0v) is 11.6. The molecule has 0 unspecified atom stereocenters. The molecular weight excluding hydrogens is 258 g/mol. The summed E-state index contributed by atoms with van der Waals surface area (Å²) < 4.78 is 0.0407. The second kappa shape index (κ2) is 5.55. The van der Waals surface area contributed by atoms with E-state index in [0.717, 1.165) is 11.3 Å². The van der Waals surface area contributed by atoms with Gasteiger partial charge in [-0.2, -0.15) is 0 Å². The minimum Gasteiger partial charge on any atom is -0.477 e. The molecule has 6 heteroatoms. The van der Waals surface area contributed by atoms with Gasteiger partial charge in [0.2, 0.25) is 5.91 Å². The summed E-state index contributed by atoms with van der Waals surface area (Å²) in [7, 11) is 0. The highest BCUT2D eigenvalue weighted by molar-refractivity contribution is 8.01. The molecule has 0 spiro atoms. The molecule has 0 aromatic carbocycles. The van der Waals surface area contributed by atoms with Crippen molar-refractivity contribution < 1.29 is 14.7 Å². The van der Waals surface area contributed by atoms with Crippen molar-refractivity contribution in [3.8, 4) is 0 Å². The number of amides is 1. The Morgan fingerprint density at radius 3 is 2.53 bits per heavy atom. The van der Waals surface area contributed by atoms with E-state index in [4.69, 9.17) is 5.11 Å². The van der Waals surface area contributed by atoms with Gasteiger partial charge < -0.3 is 10.4 Å². The number of thioether (sulfide) groups is 1. The van der Waals surface area contributed by atoms with Gasteiger partial charge in [0, 0.05) is 4.75 Å². The van der Waals surface area contributed by atoms with Crippen LogP contribution in [0, 0.1) is 0 Å². The third kappa shape index (κ3) is 5.23. The number of carbonyl (C=O) groups is 2. The van der Waals surface area contributed by atoms with Gasteiger partial charge in [-0.3, -0.25) is 4.79 Å². The first-order chi connectivity index (χ1) is 7.78. The number of nitrogens with one attached hydrogen (secondary N) is 1. The Hall–Kier alpha value is -1.01. The predicted octanol–water partition coefficient (Wildman–Crippen LogP) is 2.92. The summed E-state index contributed by atoms with van der Waals surface area (Å²) in [6, 6.07) is 3.09. The zero-order chi connectivity index (χ0) is 13.1. The lowest BCUT2D eigenvalue weighted by Gasteiger charge is -2.16. The maximum atomic E-state index is 11.6. The molecule has 1 rings (SSSR count). The minimum atomic E-state index is -0.973. The number of hydrogen-bond donors (Lipinski definition) is 2. The normalized spacial score (nSPS) is 11.2. The number of hydrogen-bond acceptors (Lipinski definition) is 4. The van der Waals surface area contributed by atoms with Gasteiger partial charge in [-0.25, -0.2) is 4.79 Å². The molecule has 0 aliphatic heterocycles. The van der Waals surface area contributed by atoms with Crippen molar-refractivity contribution in [3.63, 3.8) is 0 Å². The van der Waals surface area contributed by atoms with Gasteiger partial charge in [0.15, 0.2) is 0 Å². The molecule has 1 aromatic rings. The van der Waals surface area contributed by atoms with E-state index in [2.05, 4.69) is 5.32 Å². The first-order valence-corrected chi connectivity index (χ1v) is 6.85. The molecular formula is C11H15NO3S2. The van der Waals surface area contributed by atoms with Crippen molar-refractivity contribution in [2.45, 2.75) is 25.5 Å². The number of carboxylic acid groups (broad SMARTS) is 1. The molecule has 0 fully saturated rings. The van der Waals surface area contributed by atoms with Crippen molar-refractivity contribution in [1.29, 1.82) is 0 Å². The molecule has 0 radical (unpaired) electrons. The van der Waals surface area contributed by atoms with Crippen LogP contribution in [0.2, 0.25) is 0 Å². The van der Waals surface area contributed by atoms with Gasteiger partial charge in [0.05, 0.1) is 10.8 Å². The van der Waals surface area contributed by atoms with Gasteiger partial charge >= 0.3 is 5.97 Å². The summed E-state index contributed by atoms with van der Waals surface area (Å²) in [6.45, 7) is 6.12. The highest BCUT2D eigenvalue weighted by Crippen LogP contribution is 2.25. The van der Waals surface area contributed by atoms with Crippen molar-refractivity contribution in [2.75, 3.05) is 11.1 Å². The largest absolute Gasteiger partial charge is 0.477 e. The highest BCUT2D eigenvalue weighted by Gasteiger charge is 2.14. The maximum Gasteiger partial charge on any atom is 0.345 e. The van der Waals surface area contributed by atoms with Gasteiger partial charge in [-0.05, 0) is 12.1 Å². The standard InChI is InChI=1S/C11H15NO3S2/c1-11(2,3)16-6-8(13)12-9-5-4-7(17-9)10(14)15/h4-5H,6H2,1-3H3,(H,12,13)(H,14,15). The highest BCUT2D eigenvalue weighted by atomic mass is 32.2. The van der Waals surface area contributed by atoms with E-state index < -0.39 is 5.97 Å². The summed E-state index contributed by atoms with van der Waals surface area (Å²) >= 11 is 2.61. The summed E-state index contributed by atoms with van der Waals surface area (Å²) in [5.41, 5.74) is 0. The fraction of sp³-hybridized carbons (Fsp3) is 0.455. The Bertz CT molecular complexity index is 421.